The highest BCUT2D eigenvalue weighted by Gasteiger charge is 2.13. The second-order valence-corrected chi connectivity index (χ2v) is 3.13. The molecule has 0 fully saturated rings. The summed E-state index contributed by atoms with van der Waals surface area (Å²) in [4.78, 5) is 4.38. The van der Waals surface area contributed by atoms with E-state index in [0.29, 0.717) is 5.92 Å². The van der Waals surface area contributed by atoms with Crippen molar-refractivity contribution in [3.63, 3.8) is 0 Å². The van der Waals surface area contributed by atoms with E-state index >= 15 is 0 Å². The summed E-state index contributed by atoms with van der Waals surface area (Å²) < 4.78 is 0. The molecule has 1 aromatic heterocycles. The highest BCUT2D eigenvalue weighted by Crippen LogP contribution is 2.27. The number of fused-ring (bicyclic) bond motifs is 1. The first-order valence-electron chi connectivity index (χ1n) is 3.92. The topological polar surface area (TPSA) is 12.9 Å². The molecule has 1 heteroatoms. The van der Waals surface area contributed by atoms with E-state index in [4.69, 9.17) is 0 Å². The lowest BCUT2D eigenvalue weighted by Gasteiger charge is -2.02. The lowest BCUT2D eigenvalue weighted by molar-refractivity contribution is 0.922. The third-order valence-corrected chi connectivity index (χ3v) is 2.08. The first kappa shape index (κ1) is 6.59. The minimum absolute atomic E-state index is 0.505. The van der Waals surface area contributed by atoms with Gasteiger partial charge in [0.25, 0.3) is 0 Å². The number of nitrogens with zero attached hydrogens (tertiary/aromatic N) is 1. The molecule has 0 spiro atoms. The maximum Gasteiger partial charge on any atom is 0.0541 e. The van der Waals surface area contributed by atoms with Crippen molar-refractivity contribution in [1.82, 2.24) is 4.98 Å². The molecule has 1 aromatic rings. The number of allylic oxidation sites excluding steroid dienone is 1. The third-order valence-electron chi connectivity index (χ3n) is 2.08. The van der Waals surface area contributed by atoms with Crippen molar-refractivity contribution in [2.24, 2.45) is 0 Å². The van der Waals surface area contributed by atoms with Crippen LogP contribution in [0, 0.1) is 6.92 Å². The van der Waals surface area contributed by atoms with Crippen LogP contribution in [-0.2, 0) is 0 Å². The molecule has 0 saturated carbocycles. The van der Waals surface area contributed by atoms with Gasteiger partial charge in [-0.15, -0.1) is 0 Å². The molecule has 1 atom stereocenters. The van der Waals surface area contributed by atoms with E-state index in [9.17, 15) is 0 Å². The summed E-state index contributed by atoms with van der Waals surface area (Å²) >= 11 is 0. The molecule has 0 saturated heterocycles. The van der Waals surface area contributed by atoms with Gasteiger partial charge >= 0.3 is 0 Å². The fourth-order valence-corrected chi connectivity index (χ4v) is 1.46. The van der Waals surface area contributed by atoms with Gasteiger partial charge in [0.2, 0.25) is 0 Å². The van der Waals surface area contributed by atoms with Crippen LogP contribution in [0.2, 0.25) is 0 Å². The lowest BCUT2D eigenvalue weighted by atomic mass is 10.1. The van der Waals surface area contributed by atoms with Gasteiger partial charge in [0, 0.05) is 12.1 Å². The van der Waals surface area contributed by atoms with Gasteiger partial charge in [-0.25, -0.2) is 0 Å². The predicted molar refractivity (Wildman–Crippen MR) is 46.4 cm³/mol. The van der Waals surface area contributed by atoms with Crippen molar-refractivity contribution in [1.29, 1.82) is 0 Å². The molecule has 0 N–H and O–H groups in total. The van der Waals surface area contributed by atoms with Gasteiger partial charge in [0.1, 0.15) is 0 Å². The normalized spacial score (nSPS) is 20.4. The average Bonchev–Trinajstić information content (AvgIpc) is 2.32. The minimum atomic E-state index is 0.505. The Morgan fingerprint density at radius 3 is 3.09 bits per heavy atom. The summed E-state index contributed by atoms with van der Waals surface area (Å²) in [5.41, 5.74) is 3.75. The Kier molecular flexibility index (Phi) is 1.31. The zero-order valence-electron chi connectivity index (χ0n) is 6.83. The molecule has 11 heavy (non-hydrogen) atoms. The molecule has 0 aromatic carbocycles. The molecule has 2 rings (SSSR count). The van der Waals surface area contributed by atoms with Crippen LogP contribution in [0.3, 0.4) is 0 Å². The SMILES string of the molecule is Cc1cnc2c(c1)C=CC2C. The molecule has 1 aliphatic rings. The summed E-state index contributed by atoms with van der Waals surface area (Å²) in [7, 11) is 0. The number of hydrogen-bond acceptors (Lipinski definition) is 1. The van der Waals surface area contributed by atoms with Crippen LogP contribution in [0.5, 0.6) is 0 Å². The van der Waals surface area contributed by atoms with Crippen LogP contribution >= 0.6 is 0 Å². The van der Waals surface area contributed by atoms with Gasteiger partial charge < -0.3 is 0 Å². The van der Waals surface area contributed by atoms with E-state index in [-0.39, 0.29) is 0 Å². The molecule has 56 valence electrons. The average molecular weight is 145 g/mol. The number of rotatable bonds is 0. The van der Waals surface area contributed by atoms with Crippen LogP contribution in [-0.4, -0.2) is 4.98 Å². The predicted octanol–water partition coefficient (Wildman–Crippen LogP) is 2.52. The Balaban J connectivity index is 2.58. The largest absolute Gasteiger partial charge is 0.260 e. The quantitative estimate of drug-likeness (QED) is 0.546. The van der Waals surface area contributed by atoms with E-state index in [1.807, 2.05) is 6.20 Å². The van der Waals surface area contributed by atoms with Gasteiger partial charge in [-0.2, -0.15) is 0 Å². The summed E-state index contributed by atoms with van der Waals surface area (Å²) in [6, 6.07) is 2.18. The number of aromatic nitrogens is 1. The van der Waals surface area contributed by atoms with Crippen LogP contribution in [0.4, 0.5) is 0 Å². The van der Waals surface area contributed by atoms with Crippen LogP contribution in [0.25, 0.3) is 6.08 Å². The van der Waals surface area contributed by atoms with Crippen LogP contribution in [0.15, 0.2) is 18.3 Å². The molecule has 1 unspecified atom stereocenters. The maximum absolute atomic E-state index is 4.38. The molecule has 1 heterocycles. The Morgan fingerprint density at radius 2 is 2.27 bits per heavy atom. The van der Waals surface area contributed by atoms with Gasteiger partial charge in [-0.05, 0) is 24.1 Å². The van der Waals surface area contributed by atoms with Gasteiger partial charge in [-0.1, -0.05) is 19.1 Å². The molecular weight excluding hydrogens is 134 g/mol. The van der Waals surface area contributed by atoms with Crippen molar-refractivity contribution in [2.45, 2.75) is 19.8 Å². The summed E-state index contributed by atoms with van der Waals surface area (Å²) in [6.07, 6.45) is 6.28. The molecular formula is C10H11N. The van der Waals surface area contributed by atoms with Crippen molar-refractivity contribution in [3.05, 3.63) is 35.2 Å². The monoisotopic (exact) mass is 145 g/mol. The summed E-state index contributed by atoms with van der Waals surface area (Å²) in [5, 5.41) is 0. The lowest BCUT2D eigenvalue weighted by Crippen LogP contribution is -1.92. The number of hydrogen-bond donors (Lipinski definition) is 0. The second kappa shape index (κ2) is 2.19. The highest BCUT2D eigenvalue weighted by molar-refractivity contribution is 5.60. The first-order chi connectivity index (χ1) is 5.27. The van der Waals surface area contributed by atoms with E-state index in [0.717, 1.165) is 0 Å². The van der Waals surface area contributed by atoms with Crippen LogP contribution < -0.4 is 0 Å². The zero-order chi connectivity index (χ0) is 7.84. The van der Waals surface area contributed by atoms with E-state index < -0.39 is 0 Å². The van der Waals surface area contributed by atoms with E-state index in [1.165, 1.54) is 16.8 Å². The zero-order valence-corrected chi connectivity index (χ0v) is 6.83. The Hall–Kier alpha value is -1.11. The van der Waals surface area contributed by atoms with Crippen LogP contribution in [0.1, 0.15) is 29.7 Å². The summed E-state index contributed by atoms with van der Waals surface area (Å²) in [6.45, 7) is 4.24. The highest BCUT2D eigenvalue weighted by atomic mass is 14.7. The standard InChI is InChI=1S/C10H11N/c1-7-5-9-4-3-8(2)10(9)11-6-7/h3-6,8H,1-2H3. The second-order valence-electron chi connectivity index (χ2n) is 3.13. The third kappa shape index (κ3) is 0.967. The van der Waals surface area contributed by atoms with Crippen molar-refractivity contribution in [2.75, 3.05) is 0 Å². The molecule has 0 bridgehead atoms. The Labute approximate surface area is 66.8 Å². The summed E-state index contributed by atoms with van der Waals surface area (Å²) in [5.74, 6) is 0.505. The smallest absolute Gasteiger partial charge is 0.0541 e. The Morgan fingerprint density at radius 1 is 1.45 bits per heavy atom. The maximum atomic E-state index is 4.38. The molecule has 1 aliphatic carbocycles. The minimum Gasteiger partial charge on any atom is -0.260 e. The fourth-order valence-electron chi connectivity index (χ4n) is 1.46. The van der Waals surface area contributed by atoms with Gasteiger partial charge in [0.15, 0.2) is 0 Å². The van der Waals surface area contributed by atoms with Crippen molar-refractivity contribution >= 4 is 6.08 Å². The molecule has 0 radical (unpaired) electrons. The number of pyridine rings is 1. The van der Waals surface area contributed by atoms with E-state index in [1.54, 1.807) is 0 Å². The first-order valence-corrected chi connectivity index (χ1v) is 3.92. The molecule has 0 aliphatic heterocycles. The Bertz CT molecular complexity index is 313. The van der Waals surface area contributed by atoms with Crippen molar-refractivity contribution in [3.8, 4) is 0 Å². The fraction of sp³-hybridized carbons (Fsp3) is 0.300. The van der Waals surface area contributed by atoms with Gasteiger partial charge in [-0.3, -0.25) is 4.98 Å². The van der Waals surface area contributed by atoms with Crippen molar-refractivity contribution < 1.29 is 0 Å². The molecule has 1 nitrogen and oxygen atoms in total. The number of aryl methyl sites for hydroxylation is 1. The van der Waals surface area contributed by atoms with E-state index in [2.05, 4.69) is 37.0 Å². The van der Waals surface area contributed by atoms with Gasteiger partial charge in [0.05, 0.1) is 5.69 Å². The molecule has 0 amide bonds.